The number of hydrazine groups is 1. The molecule has 1 aromatic rings. The molecule has 0 saturated carbocycles. The van der Waals surface area contributed by atoms with Crippen LogP contribution in [0.5, 0.6) is 5.75 Å². The molecule has 2 amide bonds. The van der Waals surface area contributed by atoms with Crippen molar-refractivity contribution in [2.75, 3.05) is 11.9 Å². The molecule has 0 fully saturated rings. The average Bonchev–Trinajstić information content (AvgIpc) is 2.26. The maximum absolute atomic E-state index is 11.3. The minimum Gasteiger partial charge on any atom is -0.481 e. The van der Waals surface area contributed by atoms with Crippen LogP contribution < -0.4 is 21.3 Å². The Kier molecular flexibility index (Phi) is 2.26. The van der Waals surface area contributed by atoms with Gasteiger partial charge in [0, 0.05) is 0 Å². The zero-order valence-corrected chi connectivity index (χ0v) is 7.74. The highest BCUT2D eigenvalue weighted by molar-refractivity contribution is 6.02. The Labute approximate surface area is 85.4 Å². The Hall–Kier alpha value is -2.08. The summed E-state index contributed by atoms with van der Waals surface area (Å²) in [4.78, 5) is 22.4. The fraction of sp³-hybridized carbons (Fsp3) is 0.111. The predicted octanol–water partition coefficient (Wildman–Crippen LogP) is -0.379. The zero-order chi connectivity index (χ0) is 10.8. The number of carbonyl (C=O) groups excluding carboxylic acids is 2. The van der Waals surface area contributed by atoms with Crippen molar-refractivity contribution < 1.29 is 14.3 Å². The van der Waals surface area contributed by atoms with Crippen LogP contribution in [0.15, 0.2) is 18.2 Å². The molecule has 0 saturated heterocycles. The highest BCUT2D eigenvalue weighted by atomic mass is 16.5. The number of nitrogens with two attached hydrogens (primary N) is 1. The second-order valence-electron chi connectivity index (χ2n) is 2.99. The fourth-order valence-corrected chi connectivity index (χ4v) is 1.37. The van der Waals surface area contributed by atoms with Crippen molar-refractivity contribution in [3.8, 4) is 5.75 Å². The van der Waals surface area contributed by atoms with Crippen LogP contribution in [0.2, 0.25) is 0 Å². The SMILES string of the molecule is NNC(=O)c1cccc2c1OCC(=O)N2. The van der Waals surface area contributed by atoms with Crippen LogP contribution in [-0.2, 0) is 4.79 Å². The maximum atomic E-state index is 11.3. The first-order valence-electron chi connectivity index (χ1n) is 4.29. The molecule has 1 aliphatic heterocycles. The number of carbonyl (C=O) groups is 2. The number of para-hydroxylation sites is 1. The van der Waals surface area contributed by atoms with E-state index in [9.17, 15) is 9.59 Å². The number of rotatable bonds is 1. The van der Waals surface area contributed by atoms with Crippen molar-refractivity contribution in [1.29, 1.82) is 0 Å². The molecule has 1 aliphatic rings. The quantitative estimate of drug-likeness (QED) is 0.332. The van der Waals surface area contributed by atoms with Crippen molar-refractivity contribution in [1.82, 2.24) is 5.43 Å². The Morgan fingerprint density at radius 3 is 3.07 bits per heavy atom. The van der Waals surface area contributed by atoms with Gasteiger partial charge < -0.3 is 10.1 Å². The molecule has 1 aromatic carbocycles. The normalized spacial score (nSPS) is 13.5. The van der Waals surface area contributed by atoms with Crippen LogP contribution >= 0.6 is 0 Å². The summed E-state index contributed by atoms with van der Waals surface area (Å²) in [7, 11) is 0. The molecule has 6 nitrogen and oxygen atoms in total. The van der Waals surface area contributed by atoms with Crippen molar-refractivity contribution in [3.05, 3.63) is 23.8 Å². The van der Waals surface area contributed by atoms with Crippen molar-refractivity contribution in [2.45, 2.75) is 0 Å². The lowest BCUT2D eigenvalue weighted by Gasteiger charge is -2.19. The lowest BCUT2D eigenvalue weighted by atomic mass is 10.1. The summed E-state index contributed by atoms with van der Waals surface area (Å²) in [5, 5.41) is 2.59. The molecular formula is C9H9N3O3. The number of ether oxygens (including phenoxy) is 1. The molecule has 78 valence electrons. The second kappa shape index (κ2) is 3.58. The van der Waals surface area contributed by atoms with Crippen LogP contribution in [-0.4, -0.2) is 18.4 Å². The monoisotopic (exact) mass is 207 g/mol. The van der Waals surface area contributed by atoms with Gasteiger partial charge in [-0.25, -0.2) is 5.84 Å². The van der Waals surface area contributed by atoms with Gasteiger partial charge in [0.25, 0.3) is 11.8 Å². The number of benzene rings is 1. The summed E-state index contributed by atoms with van der Waals surface area (Å²) in [6, 6.07) is 4.86. The van der Waals surface area contributed by atoms with Gasteiger partial charge in [-0.1, -0.05) is 6.07 Å². The third kappa shape index (κ3) is 1.62. The molecule has 1 heterocycles. The largest absolute Gasteiger partial charge is 0.481 e. The van der Waals surface area contributed by atoms with Gasteiger partial charge in [-0.15, -0.1) is 0 Å². The van der Waals surface area contributed by atoms with Crippen molar-refractivity contribution >= 4 is 17.5 Å². The average molecular weight is 207 g/mol. The second-order valence-corrected chi connectivity index (χ2v) is 2.99. The maximum Gasteiger partial charge on any atom is 0.269 e. The van der Waals surface area contributed by atoms with Gasteiger partial charge in [-0.2, -0.15) is 0 Å². The fourth-order valence-electron chi connectivity index (χ4n) is 1.37. The Morgan fingerprint density at radius 1 is 1.53 bits per heavy atom. The van der Waals surface area contributed by atoms with E-state index in [1.54, 1.807) is 18.2 Å². The van der Waals surface area contributed by atoms with Crippen LogP contribution in [0.25, 0.3) is 0 Å². The zero-order valence-electron chi connectivity index (χ0n) is 7.74. The molecule has 0 spiro atoms. The molecule has 0 radical (unpaired) electrons. The molecule has 15 heavy (non-hydrogen) atoms. The molecular weight excluding hydrogens is 198 g/mol. The number of hydrogen-bond donors (Lipinski definition) is 3. The third-order valence-electron chi connectivity index (χ3n) is 2.01. The first-order valence-corrected chi connectivity index (χ1v) is 4.29. The lowest BCUT2D eigenvalue weighted by Crippen LogP contribution is -2.32. The summed E-state index contributed by atoms with van der Waals surface area (Å²) >= 11 is 0. The van der Waals surface area contributed by atoms with Crippen molar-refractivity contribution in [2.24, 2.45) is 5.84 Å². The van der Waals surface area contributed by atoms with E-state index in [2.05, 4.69) is 5.32 Å². The number of hydrogen-bond acceptors (Lipinski definition) is 4. The number of fused-ring (bicyclic) bond motifs is 1. The summed E-state index contributed by atoms with van der Waals surface area (Å²) < 4.78 is 5.16. The molecule has 4 N–H and O–H groups in total. The Bertz CT molecular complexity index is 431. The summed E-state index contributed by atoms with van der Waals surface area (Å²) in [6.45, 7) is -0.0954. The molecule has 0 unspecified atom stereocenters. The number of nitrogens with one attached hydrogen (secondary N) is 2. The van der Waals surface area contributed by atoms with Gasteiger partial charge in [0.15, 0.2) is 12.4 Å². The van der Waals surface area contributed by atoms with Gasteiger partial charge in [0.2, 0.25) is 0 Å². The smallest absolute Gasteiger partial charge is 0.269 e. The van der Waals surface area contributed by atoms with Crippen molar-refractivity contribution in [3.63, 3.8) is 0 Å². The van der Waals surface area contributed by atoms with Crippen LogP contribution in [0.4, 0.5) is 5.69 Å². The van der Waals surface area contributed by atoms with Gasteiger partial charge in [-0.3, -0.25) is 15.0 Å². The standard InChI is InChI=1S/C9H9N3O3/c10-12-9(14)5-2-1-3-6-8(5)15-4-7(13)11-6/h1-3H,4,10H2,(H,11,13)(H,12,14). The third-order valence-corrected chi connectivity index (χ3v) is 2.01. The van der Waals surface area contributed by atoms with E-state index in [1.807, 2.05) is 5.43 Å². The minimum absolute atomic E-state index is 0.0954. The molecule has 0 aromatic heterocycles. The van der Waals surface area contributed by atoms with Crippen LogP contribution in [0.1, 0.15) is 10.4 Å². The number of anilines is 1. The van der Waals surface area contributed by atoms with E-state index < -0.39 is 5.91 Å². The summed E-state index contributed by atoms with van der Waals surface area (Å²) in [6.07, 6.45) is 0. The van der Waals surface area contributed by atoms with Gasteiger partial charge in [0.1, 0.15) is 0 Å². The number of nitrogen functional groups attached to an aromatic ring is 1. The van der Waals surface area contributed by atoms with E-state index in [1.165, 1.54) is 0 Å². The highest BCUT2D eigenvalue weighted by Gasteiger charge is 2.21. The summed E-state index contributed by atoms with van der Waals surface area (Å²) in [5.74, 6) is 4.67. The molecule has 2 rings (SSSR count). The minimum atomic E-state index is -0.456. The van der Waals surface area contributed by atoms with Crippen LogP contribution in [0, 0.1) is 0 Å². The first-order chi connectivity index (χ1) is 7.22. The highest BCUT2D eigenvalue weighted by Crippen LogP contribution is 2.31. The predicted molar refractivity (Wildman–Crippen MR) is 52.2 cm³/mol. The van der Waals surface area contributed by atoms with E-state index in [4.69, 9.17) is 10.6 Å². The van der Waals surface area contributed by atoms with Gasteiger partial charge >= 0.3 is 0 Å². The first kappa shape index (κ1) is 9.47. The van der Waals surface area contributed by atoms with E-state index in [0.717, 1.165) is 0 Å². The Balaban J connectivity index is 2.46. The Morgan fingerprint density at radius 2 is 2.33 bits per heavy atom. The van der Waals surface area contributed by atoms with Gasteiger partial charge in [0.05, 0.1) is 11.3 Å². The van der Waals surface area contributed by atoms with Gasteiger partial charge in [-0.05, 0) is 12.1 Å². The van der Waals surface area contributed by atoms with E-state index in [0.29, 0.717) is 17.0 Å². The van der Waals surface area contributed by atoms with E-state index >= 15 is 0 Å². The molecule has 0 bridgehead atoms. The number of amides is 2. The topological polar surface area (TPSA) is 93.4 Å². The lowest BCUT2D eigenvalue weighted by molar-refractivity contribution is -0.118. The van der Waals surface area contributed by atoms with E-state index in [-0.39, 0.29) is 12.5 Å². The molecule has 0 atom stereocenters. The molecule has 6 heteroatoms. The summed E-state index contributed by atoms with van der Waals surface area (Å²) in [5.41, 5.74) is 2.79. The molecule has 0 aliphatic carbocycles. The van der Waals surface area contributed by atoms with Crippen LogP contribution in [0.3, 0.4) is 0 Å².